The number of amides is 1. The van der Waals surface area contributed by atoms with Gasteiger partial charge in [-0.25, -0.2) is 0 Å². The van der Waals surface area contributed by atoms with Gasteiger partial charge in [0.1, 0.15) is 6.61 Å². The molecule has 0 spiro atoms. The minimum absolute atomic E-state index is 0.0382. The van der Waals surface area contributed by atoms with Crippen LogP contribution in [0.3, 0.4) is 0 Å². The van der Waals surface area contributed by atoms with E-state index < -0.39 is 5.91 Å². The Morgan fingerprint density at radius 1 is 1.31 bits per heavy atom. The van der Waals surface area contributed by atoms with Gasteiger partial charge in [0, 0.05) is 13.0 Å². The van der Waals surface area contributed by atoms with Crippen LogP contribution in [0.25, 0.3) is 0 Å². The van der Waals surface area contributed by atoms with Crippen LogP contribution < -0.4 is 0 Å². The zero-order valence-corrected chi connectivity index (χ0v) is 7.66. The first-order valence-electron chi connectivity index (χ1n) is 4.89. The van der Waals surface area contributed by atoms with Crippen LogP contribution >= 0.6 is 0 Å². The van der Waals surface area contributed by atoms with Crippen LogP contribution in [-0.4, -0.2) is 35.0 Å². The van der Waals surface area contributed by atoms with Crippen LogP contribution in [0.15, 0.2) is 0 Å². The van der Waals surface area contributed by atoms with Gasteiger partial charge in [-0.2, -0.15) is 0 Å². The third-order valence-corrected chi connectivity index (χ3v) is 2.78. The van der Waals surface area contributed by atoms with Crippen LogP contribution in [0.5, 0.6) is 0 Å². The average molecular weight is 185 g/mol. The highest BCUT2D eigenvalue weighted by Crippen LogP contribution is 2.29. The van der Waals surface area contributed by atoms with Gasteiger partial charge in [0.25, 0.3) is 11.8 Å². The number of nitrogens with zero attached hydrogens (tertiary/aromatic N) is 1. The Balaban J connectivity index is 2.12. The van der Waals surface area contributed by atoms with Crippen LogP contribution in [0.2, 0.25) is 0 Å². The highest BCUT2D eigenvalue weighted by Gasteiger charge is 2.44. The molecule has 13 heavy (non-hydrogen) atoms. The van der Waals surface area contributed by atoms with Crippen molar-refractivity contribution in [1.29, 1.82) is 0 Å². The molecule has 0 bridgehead atoms. The molecule has 2 saturated heterocycles. The predicted octanol–water partition coefficient (Wildman–Crippen LogP) is 0.455. The average Bonchev–Trinajstić information content (AvgIpc) is 2.32. The molecular weight excluding hydrogens is 170 g/mol. The molecule has 0 radical (unpaired) electrons. The monoisotopic (exact) mass is 185 g/mol. The maximum Gasteiger partial charge on any atom is 0.252 e. The Hall–Kier alpha value is -0.610. The van der Waals surface area contributed by atoms with Gasteiger partial charge in [0.2, 0.25) is 0 Å². The van der Waals surface area contributed by atoms with Crippen LogP contribution in [0, 0.1) is 0 Å². The normalized spacial score (nSPS) is 35.5. The van der Waals surface area contributed by atoms with Crippen molar-refractivity contribution in [3.05, 3.63) is 0 Å². The minimum Gasteiger partial charge on any atom is -0.349 e. The standard InChI is InChI=1S/C9H15NO3/c11-8-7-13-9(12)5-3-1-2-4-6-10(8)9/h12H,1-7H2. The van der Waals surface area contributed by atoms with Crippen molar-refractivity contribution >= 4 is 5.91 Å². The summed E-state index contributed by atoms with van der Waals surface area (Å²) in [4.78, 5) is 12.8. The van der Waals surface area contributed by atoms with E-state index in [0.717, 1.165) is 25.7 Å². The van der Waals surface area contributed by atoms with E-state index in [1.165, 1.54) is 4.90 Å². The zero-order valence-electron chi connectivity index (χ0n) is 7.66. The Bertz CT molecular complexity index is 219. The number of hydrogen-bond donors (Lipinski definition) is 1. The Morgan fingerprint density at radius 2 is 2.08 bits per heavy atom. The Labute approximate surface area is 77.5 Å². The fraction of sp³-hybridized carbons (Fsp3) is 0.889. The largest absolute Gasteiger partial charge is 0.349 e. The lowest BCUT2D eigenvalue weighted by molar-refractivity contribution is -0.249. The Morgan fingerprint density at radius 3 is 2.92 bits per heavy atom. The van der Waals surface area contributed by atoms with Gasteiger partial charge in [-0.05, 0) is 12.8 Å². The number of ether oxygens (including phenoxy) is 1. The number of fused-ring (bicyclic) bond motifs is 1. The summed E-state index contributed by atoms with van der Waals surface area (Å²) in [5.74, 6) is -1.36. The number of aliphatic hydroxyl groups is 1. The zero-order chi connectivity index (χ0) is 9.31. The lowest BCUT2D eigenvalue weighted by Crippen LogP contribution is -2.47. The van der Waals surface area contributed by atoms with Gasteiger partial charge in [-0.3, -0.25) is 9.69 Å². The molecule has 4 heteroatoms. The molecule has 74 valence electrons. The molecule has 0 aromatic heterocycles. The fourth-order valence-corrected chi connectivity index (χ4v) is 2.01. The first-order valence-corrected chi connectivity index (χ1v) is 4.89. The molecule has 1 amide bonds. The minimum atomic E-state index is -1.28. The molecule has 1 atom stereocenters. The predicted molar refractivity (Wildman–Crippen MR) is 45.7 cm³/mol. The molecule has 1 N–H and O–H groups in total. The highest BCUT2D eigenvalue weighted by molar-refractivity contribution is 5.79. The first-order chi connectivity index (χ1) is 6.22. The molecule has 2 rings (SSSR count). The summed E-state index contributed by atoms with van der Waals surface area (Å²) >= 11 is 0. The quantitative estimate of drug-likeness (QED) is 0.596. The van der Waals surface area contributed by atoms with Gasteiger partial charge >= 0.3 is 0 Å². The van der Waals surface area contributed by atoms with E-state index in [1.54, 1.807) is 0 Å². The van der Waals surface area contributed by atoms with Crippen molar-refractivity contribution in [2.24, 2.45) is 0 Å². The number of carbonyl (C=O) groups excluding carboxylic acids is 1. The van der Waals surface area contributed by atoms with Gasteiger partial charge in [-0.1, -0.05) is 12.8 Å². The maximum atomic E-state index is 11.3. The van der Waals surface area contributed by atoms with Gasteiger partial charge in [0.05, 0.1) is 0 Å². The number of carbonyl (C=O) groups is 1. The van der Waals surface area contributed by atoms with E-state index in [2.05, 4.69) is 0 Å². The Kier molecular flexibility index (Phi) is 2.26. The summed E-state index contributed by atoms with van der Waals surface area (Å²) in [5.41, 5.74) is 0. The van der Waals surface area contributed by atoms with E-state index in [0.29, 0.717) is 13.0 Å². The molecule has 1 unspecified atom stereocenters. The summed E-state index contributed by atoms with van der Waals surface area (Å²) in [6, 6.07) is 0. The number of hydrogen-bond acceptors (Lipinski definition) is 3. The van der Waals surface area contributed by atoms with E-state index >= 15 is 0 Å². The maximum absolute atomic E-state index is 11.3. The second-order valence-corrected chi connectivity index (χ2v) is 3.74. The molecular formula is C9H15NO3. The molecule has 2 aliphatic heterocycles. The molecule has 0 aromatic carbocycles. The summed E-state index contributed by atoms with van der Waals surface area (Å²) in [5, 5.41) is 9.97. The van der Waals surface area contributed by atoms with Gasteiger partial charge in [0.15, 0.2) is 0 Å². The van der Waals surface area contributed by atoms with Crippen LogP contribution in [0.1, 0.15) is 32.1 Å². The SMILES string of the molecule is O=C1COC2(O)CCCCCCN12. The summed E-state index contributed by atoms with van der Waals surface area (Å²) < 4.78 is 5.12. The molecule has 0 saturated carbocycles. The lowest BCUT2D eigenvalue weighted by atomic mass is 10.1. The number of rotatable bonds is 0. The molecule has 2 aliphatic rings. The second kappa shape index (κ2) is 3.27. The first kappa shape index (κ1) is 8.97. The van der Waals surface area contributed by atoms with Crippen molar-refractivity contribution in [2.45, 2.75) is 38.0 Å². The third-order valence-electron chi connectivity index (χ3n) is 2.78. The molecule has 0 aromatic rings. The van der Waals surface area contributed by atoms with Crippen molar-refractivity contribution < 1.29 is 14.6 Å². The van der Waals surface area contributed by atoms with E-state index in [-0.39, 0.29) is 12.5 Å². The summed E-state index contributed by atoms with van der Waals surface area (Å²) in [7, 11) is 0. The van der Waals surface area contributed by atoms with E-state index in [1.807, 2.05) is 0 Å². The second-order valence-electron chi connectivity index (χ2n) is 3.74. The van der Waals surface area contributed by atoms with E-state index in [4.69, 9.17) is 4.74 Å². The summed E-state index contributed by atoms with van der Waals surface area (Å²) in [6.45, 7) is 0.672. The van der Waals surface area contributed by atoms with Crippen LogP contribution in [0.4, 0.5) is 0 Å². The smallest absolute Gasteiger partial charge is 0.252 e. The van der Waals surface area contributed by atoms with Crippen molar-refractivity contribution in [3.63, 3.8) is 0 Å². The van der Waals surface area contributed by atoms with Gasteiger partial charge in [-0.15, -0.1) is 0 Å². The molecule has 0 aliphatic carbocycles. The highest BCUT2D eigenvalue weighted by atomic mass is 16.7. The van der Waals surface area contributed by atoms with Crippen molar-refractivity contribution in [2.75, 3.05) is 13.2 Å². The van der Waals surface area contributed by atoms with Gasteiger partial charge < -0.3 is 9.84 Å². The fourth-order valence-electron chi connectivity index (χ4n) is 2.01. The third kappa shape index (κ3) is 1.56. The topological polar surface area (TPSA) is 49.8 Å². The van der Waals surface area contributed by atoms with E-state index in [9.17, 15) is 9.90 Å². The van der Waals surface area contributed by atoms with Crippen molar-refractivity contribution in [3.8, 4) is 0 Å². The van der Waals surface area contributed by atoms with Crippen LogP contribution in [-0.2, 0) is 9.53 Å². The lowest BCUT2D eigenvalue weighted by Gasteiger charge is -2.33. The molecule has 2 fully saturated rings. The molecule has 4 nitrogen and oxygen atoms in total. The molecule has 2 heterocycles. The summed E-state index contributed by atoms with van der Waals surface area (Å²) in [6.07, 6.45) is 4.71. The van der Waals surface area contributed by atoms with Crippen molar-refractivity contribution in [1.82, 2.24) is 4.90 Å².